The molecule has 1 aliphatic heterocycles. The lowest BCUT2D eigenvalue weighted by Crippen LogP contribution is -2.23. The van der Waals surface area contributed by atoms with Crippen LogP contribution < -0.4 is 5.32 Å². The molecule has 0 aliphatic carbocycles. The number of rotatable bonds is 3. The molecule has 1 saturated heterocycles. The molecule has 1 fully saturated rings. The molecule has 2 heterocycles. The van der Waals surface area contributed by atoms with Crippen molar-refractivity contribution < 1.29 is 8.91 Å². The standard InChI is InChI=1S/C16H20FN3O/c1-10-13(8-9-18-10)14-19-15(20-21-14)16(2,3)11-4-6-12(17)7-5-11/h4-7,10,13,18H,8-9H2,1-3H3. The van der Waals surface area contributed by atoms with Gasteiger partial charge in [-0.2, -0.15) is 4.98 Å². The molecule has 1 aromatic heterocycles. The van der Waals surface area contributed by atoms with E-state index in [0.717, 1.165) is 18.5 Å². The Morgan fingerprint density at radius 3 is 2.62 bits per heavy atom. The molecule has 21 heavy (non-hydrogen) atoms. The lowest BCUT2D eigenvalue weighted by molar-refractivity contribution is 0.337. The largest absolute Gasteiger partial charge is 0.339 e. The van der Waals surface area contributed by atoms with Crippen LogP contribution in [-0.2, 0) is 5.41 Å². The van der Waals surface area contributed by atoms with E-state index in [0.29, 0.717) is 17.8 Å². The lowest BCUT2D eigenvalue weighted by Gasteiger charge is -2.20. The van der Waals surface area contributed by atoms with Crippen molar-refractivity contribution in [1.82, 2.24) is 15.5 Å². The first-order valence-electron chi connectivity index (χ1n) is 7.32. The van der Waals surface area contributed by atoms with Crippen molar-refractivity contribution in [2.45, 2.75) is 44.6 Å². The molecule has 1 N–H and O–H groups in total. The Morgan fingerprint density at radius 1 is 1.29 bits per heavy atom. The topological polar surface area (TPSA) is 51.0 Å². The van der Waals surface area contributed by atoms with E-state index in [1.165, 1.54) is 12.1 Å². The summed E-state index contributed by atoms with van der Waals surface area (Å²) in [5.74, 6) is 1.37. The zero-order valence-corrected chi connectivity index (χ0v) is 12.6. The van der Waals surface area contributed by atoms with Crippen LogP contribution in [0.5, 0.6) is 0 Å². The van der Waals surface area contributed by atoms with E-state index in [4.69, 9.17) is 4.52 Å². The molecule has 0 spiro atoms. The highest BCUT2D eigenvalue weighted by Crippen LogP contribution is 2.32. The van der Waals surface area contributed by atoms with Gasteiger partial charge in [0.1, 0.15) is 5.82 Å². The first-order valence-corrected chi connectivity index (χ1v) is 7.32. The van der Waals surface area contributed by atoms with E-state index in [1.54, 1.807) is 12.1 Å². The molecule has 2 aromatic rings. The summed E-state index contributed by atoms with van der Waals surface area (Å²) in [5.41, 5.74) is 0.555. The summed E-state index contributed by atoms with van der Waals surface area (Å²) in [6.45, 7) is 7.15. The first-order chi connectivity index (χ1) is 9.98. The van der Waals surface area contributed by atoms with Crippen LogP contribution in [0.2, 0.25) is 0 Å². The van der Waals surface area contributed by atoms with Gasteiger partial charge in [0.15, 0.2) is 5.82 Å². The summed E-state index contributed by atoms with van der Waals surface area (Å²) >= 11 is 0. The quantitative estimate of drug-likeness (QED) is 0.943. The van der Waals surface area contributed by atoms with Crippen LogP contribution in [0.25, 0.3) is 0 Å². The minimum absolute atomic E-state index is 0.241. The van der Waals surface area contributed by atoms with Crippen molar-refractivity contribution in [3.8, 4) is 0 Å². The van der Waals surface area contributed by atoms with E-state index in [2.05, 4.69) is 22.4 Å². The van der Waals surface area contributed by atoms with Crippen LogP contribution in [0.3, 0.4) is 0 Å². The molecule has 5 heteroatoms. The number of benzene rings is 1. The Morgan fingerprint density at radius 2 is 2.00 bits per heavy atom. The van der Waals surface area contributed by atoms with Gasteiger partial charge in [0.2, 0.25) is 5.89 Å². The maximum atomic E-state index is 13.1. The molecule has 1 aromatic carbocycles. The van der Waals surface area contributed by atoms with E-state index >= 15 is 0 Å². The van der Waals surface area contributed by atoms with Crippen LogP contribution in [-0.4, -0.2) is 22.7 Å². The van der Waals surface area contributed by atoms with Gasteiger partial charge in [-0.1, -0.05) is 17.3 Å². The predicted molar refractivity (Wildman–Crippen MR) is 77.6 cm³/mol. The summed E-state index contributed by atoms with van der Waals surface area (Å²) in [7, 11) is 0. The van der Waals surface area contributed by atoms with Gasteiger partial charge in [-0.25, -0.2) is 4.39 Å². The molecule has 2 unspecified atom stereocenters. The van der Waals surface area contributed by atoms with E-state index in [9.17, 15) is 4.39 Å². The minimum Gasteiger partial charge on any atom is -0.339 e. The Balaban J connectivity index is 1.89. The van der Waals surface area contributed by atoms with Crippen LogP contribution in [0.1, 0.15) is 50.4 Å². The lowest BCUT2D eigenvalue weighted by atomic mass is 9.84. The third-order valence-corrected chi connectivity index (χ3v) is 4.41. The van der Waals surface area contributed by atoms with Gasteiger partial charge in [0.25, 0.3) is 0 Å². The molecule has 2 atom stereocenters. The van der Waals surface area contributed by atoms with Gasteiger partial charge in [0.05, 0.1) is 11.3 Å². The third-order valence-electron chi connectivity index (χ3n) is 4.41. The predicted octanol–water partition coefficient (Wildman–Crippen LogP) is 3.00. The molecule has 0 saturated carbocycles. The van der Waals surface area contributed by atoms with Crippen molar-refractivity contribution in [2.24, 2.45) is 0 Å². The highest BCUT2D eigenvalue weighted by atomic mass is 19.1. The molecule has 0 amide bonds. The van der Waals surface area contributed by atoms with E-state index in [1.807, 2.05) is 13.8 Å². The molecule has 0 bridgehead atoms. The van der Waals surface area contributed by atoms with Crippen LogP contribution in [0.15, 0.2) is 28.8 Å². The monoisotopic (exact) mass is 289 g/mol. The SMILES string of the molecule is CC1NCCC1c1nc(C(C)(C)c2ccc(F)cc2)no1. The smallest absolute Gasteiger partial charge is 0.231 e. The van der Waals surface area contributed by atoms with Gasteiger partial charge in [-0.3, -0.25) is 0 Å². The number of aromatic nitrogens is 2. The number of nitrogens with one attached hydrogen (secondary N) is 1. The van der Waals surface area contributed by atoms with Gasteiger partial charge in [-0.05, 0) is 51.4 Å². The Kier molecular flexibility index (Phi) is 3.53. The second-order valence-electron chi connectivity index (χ2n) is 6.23. The van der Waals surface area contributed by atoms with Gasteiger partial charge < -0.3 is 9.84 Å². The van der Waals surface area contributed by atoms with Crippen LogP contribution >= 0.6 is 0 Å². The zero-order valence-electron chi connectivity index (χ0n) is 12.6. The molecular weight excluding hydrogens is 269 g/mol. The molecular formula is C16H20FN3O. The van der Waals surface area contributed by atoms with Crippen LogP contribution in [0.4, 0.5) is 4.39 Å². The van der Waals surface area contributed by atoms with Gasteiger partial charge in [-0.15, -0.1) is 0 Å². The fraction of sp³-hybridized carbons (Fsp3) is 0.500. The highest BCUT2D eigenvalue weighted by Gasteiger charge is 2.33. The average Bonchev–Trinajstić information content (AvgIpc) is 3.07. The Bertz CT molecular complexity index is 621. The second-order valence-corrected chi connectivity index (χ2v) is 6.23. The number of halogens is 1. The zero-order chi connectivity index (χ0) is 15.0. The van der Waals surface area contributed by atoms with Crippen LogP contribution in [0, 0.1) is 5.82 Å². The Labute approximate surface area is 123 Å². The summed E-state index contributed by atoms with van der Waals surface area (Å²) in [6, 6.07) is 6.81. The van der Waals surface area contributed by atoms with Crippen molar-refractivity contribution in [1.29, 1.82) is 0 Å². The molecule has 4 nitrogen and oxygen atoms in total. The molecule has 0 radical (unpaired) electrons. The fourth-order valence-electron chi connectivity index (χ4n) is 2.83. The van der Waals surface area contributed by atoms with Crippen molar-refractivity contribution >= 4 is 0 Å². The minimum atomic E-state index is -0.412. The van der Waals surface area contributed by atoms with Gasteiger partial charge in [0, 0.05) is 6.04 Å². The number of hydrogen-bond donors (Lipinski definition) is 1. The summed E-state index contributed by atoms with van der Waals surface area (Å²) in [4.78, 5) is 4.60. The van der Waals surface area contributed by atoms with E-state index in [-0.39, 0.29) is 11.7 Å². The Hall–Kier alpha value is -1.75. The molecule has 1 aliphatic rings. The second kappa shape index (κ2) is 5.22. The third kappa shape index (κ3) is 2.58. The van der Waals surface area contributed by atoms with Crippen molar-refractivity contribution in [2.75, 3.05) is 6.54 Å². The number of hydrogen-bond acceptors (Lipinski definition) is 4. The van der Waals surface area contributed by atoms with Crippen molar-refractivity contribution in [3.05, 3.63) is 47.4 Å². The summed E-state index contributed by atoms with van der Waals surface area (Å²) in [6.07, 6.45) is 1.01. The molecule has 112 valence electrons. The fourth-order valence-corrected chi connectivity index (χ4v) is 2.83. The molecule has 3 rings (SSSR count). The average molecular weight is 289 g/mol. The number of nitrogens with zero attached hydrogens (tertiary/aromatic N) is 2. The normalized spacial score (nSPS) is 22.7. The van der Waals surface area contributed by atoms with Gasteiger partial charge >= 0.3 is 0 Å². The maximum absolute atomic E-state index is 13.1. The highest BCUT2D eigenvalue weighted by molar-refractivity contribution is 5.30. The summed E-state index contributed by atoms with van der Waals surface area (Å²) < 4.78 is 18.5. The maximum Gasteiger partial charge on any atom is 0.231 e. The first kappa shape index (κ1) is 14.2. The van der Waals surface area contributed by atoms with Crippen molar-refractivity contribution in [3.63, 3.8) is 0 Å². The van der Waals surface area contributed by atoms with E-state index < -0.39 is 5.41 Å². The summed E-state index contributed by atoms with van der Waals surface area (Å²) in [5, 5.41) is 7.54.